The maximum atomic E-state index is 9.36. The summed E-state index contributed by atoms with van der Waals surface area (Å²) in [5.41, 5.74) is 5.97. The molecule has 0 saturated carbocycles. The zero-order valence-electron chi connectivity index (χ0n) is 10.9. The Kier molecular flexibility index (Phi) is 3.88. The molecule has 19 heavy (non-hydrogen) atoms. The highest BCUT2D eigenvalue weighted by molar-refractivity contribution is 7.99. The summed E-state index contributed by atoms with van der Waals surface area (Å²) in [4.78, 5) is 0. The second kappa shape index (κ2) is 5.43. The lowest BCUT2D eigenvalue weighted by atomic mass is 9.95. The van der Waals surface area contributed by atoms with Crippen LogP contribution in [0.4, 0.5) is 0 Å². The van der Waals surface area contributed by atoms with Gasteiger partial charge in [0.05, 0.1) is 6.07 Å². The van der Waals surface area contributed by atoms with Gasteiger partial charge in [-0.3, -0.25) is 0 Å². The molecule has 2 rings (SSSR count). The van der Waals surface area contributed by atoms with Gasteiger partial charge in [-0.2, -0.15) is 5.26 Å². The highest BCUT2D eigenvalue weighted by atomic mass is 32.2. The van der Waals surface area contributed by atoms with Crippen LogP contribution in [0.15, 0.2) is 35.5 Å². The summed E-state index contributed by atoms with van der Waals surface area (Å²) < 4.78 is 1.88. The zero-order valence-corrected chi connectivity index (χ0v) is 11.7. The molecule has 0 fully saturated rings. The number of nitrogens with zero attached hydrogens (tertiary/aromatic N) is 4. The lowest BCUT2D eigenvalue weighted by Gasteiger charge is -2.21. The standard InChI is InChI=1S/C13H15N5S/c1-10-16-17-12(18(10)2)19-9-13(15,8-14)11-6-4-3-5-7-11/h3-7H,9,15H2,1-2H3. The molecule has 0 radical (unpaired) electrons. The molecule has 2 N–H and O–H groups in total. The van der Waals surface area contributed by atoms with Gasteiger partial charge in [0, 0.05) is 12.8 Å². The number of hydrogen-bond acceptors (Lipinski definition) is 5. The zero-order chi connectivity index (χ0) is 13.9. The number of nitriles is 1. The van der Waals surface area contributed by atoms with Crippen LogP contribution in [0.3, 0.4) is 0 Å². The van der Waals surface area contributed by atoms with Crippen LogP contribution in [-0.2, 0) is 12.6 Å². The first-order valence-electron chi connectivity index (χ1n) is 5.81. The number of aryl methyl sites for hydroxylation is 1. The average molecular weight is 273 g/mol. The molecule has 1 aromatic heterocycles. The largest absolute Gasteiger partial charge is 0.309 e. The van der Waals surface area contributed by atoms with E-state index in [4.69, 9.17) is 5.73 Å². The molecule has 0 saturated heterocycles. The minimum atomic E-state index is -1.02. The summed E-state index contributed by atoms with van der Waals surface area (Å²) in [6.45, 7) is 1.88. The van der Waals surface area contributed by atoms with Crippen molar-refractivity contribution in [2.24, 2.45) is 12.8 Å². The van der Waals surface area contributed by atoms with Gasteiger partial charge < -0.3 is 10.3 Å². The molecule has 0 aliphatic rings. The fraction of sp³-hybridized carbons (Fsp3) is 0.308. The van der Waals surface area contributed by atoms with Crippen LogP contribution in [0.25, 0.3) is 0 Å². The van der Waals surface area contributed by atoms with E-state index in [0.29, 0.717) is 5.75 Å². The number of aromatic nitrogens is 3. The fourth-order valence-electron chi connectivity index (χ4n) is 1.61. The molecule has 0 aliphatic heterocycles. The van der Waals surface area contributed by atoms with Crippen molar-refractivity contribution in [2.75, 3.05) is 5.75 Å². The van der Waals surface area contributed by atoms with Gasteiger partial charge in [0.15, 0.2) is 5.16 Å². The molecule has 5 nitrogen and oxygen atoms in total. The SMILES string of the molecule is Cc1nnc(SCC(N)(C#N)c2ccccc2)n1C. The highest BCUT2D eigenvalue weighted by Crippen LogP contribution is 2.26. The molecular weight excluding hydrogens is 258 g/mol. The Hall–Kier alpha value is -1.84. The van der Waals surface area contributed by atoms with Crippen LogP contribution in [0.2, 0.25) is 0 Å². The third kappa shape index (κ3) is 2.78. The number of benzene rings is 1. The van der Waals surface area contributed by atoms with Crippen molar-refractivity contribution in [2.45, 2.75) is 17.6 Å². The molecule has 0 bridgehead atoms. The third-order valence-corrected chi connectivity index (χ3v) is 4.18. The molecule has 1 heterocycles. The van der Waals surface area contributed by atoms with Gasteiger partial charge in [0.2, 0.25) is 0 Å². The summed E-state index contributed by atoms with van der Waals surface area (Å²) in [6, 6.07) is 11.6. The van der Waals surface area contributed by atoms with Gasteiger partial charge in [-0.1, -0.05) is 42.1 Å². The summed E-state index contributed by atoms with van der Waals surface area (Å²) in [5, 5.41) is 18.2. The Bertz CT molecular complexity index is 601. The van der Waals surface area contributed by atoms with Gasteiger partial charge in [-0.25, -0.2) is 0 Å². The molecule has 0 aliphatic carbocycles. The van der Waals surface area contributed by atoms with Gasteiger partial charge in [-0.05, 0) is 12.5 Å². The highest BCUT2D eigenvalue weighted by Gasteiger charge is 2.28. The van der Waals surface area contributed by atoms with Gasteiger partial charge in [0.25, 0.3) is 0 Å². The Balaban J connectivity index is 2.17. The van der Waals surface area contributed by atoms with E-state index >= 15 is 0 Å². The van der Waals surface area contributed by atoms with Crippen LogP contribution in [0, 0.1) is 18.3 Å². The van der Waals surface area contributed by atoms with Crippen molar-refractivity contribution in [3.05, 3.63) is 41.7 Å². The average Bonchev–Trinajstić information content (AvgIpc) is 2.77. The molecule has 1 atom stereocenters. The Labute approximate surface area is 116 Å². The molecule has 2 aromatic rings. The number of thioether (sulfide) groups is 1. The number of nitrogens with two attached hydrogens (primary N) is 1. The van der Waals surface area contributed by atoms with Crippen molar-refractivity contribution in [3.63, 3.8) is 0 Å². The molecule has 98 valence electrons. The fourth-order valence-corrected chi connectivity index (χ4v) is 2.62. The van der Waals surface area contributed by atoms with Gasteiger partial charge >= 0.3 is 0 Å². The molecular formula is C13H15N5S. The monoisotopic (exact) mass is 273 g/mol. The van der Waals surface area contributed by atoms with Crippen LogP contribution in [-0.4, -0.2) is 20.5 Å². The first kappa shape index (κ1) is 13.6. The maximum Gasteiger partial charge on any atom is 0.191 e. The van der Waals surface area contributed by atoms with Crippen molar-refractivity contribution in [1.29, 1.82) is 5.26 Å². The summed E-state index contributed by atoms with van der Waals surface area (Å²) in [6.07, 6.45) is 0. The second-order valence-electron chi connectivity index (χ2n) is 4.33. The minimum Gasteiger partial charge on any atom is -0.309 e. The Morgan fingerprint density at radius 3 is 2.58 bits per heavy atom. The van der Waals surface area contributed by atoms with E-state index in [1.54, 1.807) is 0 Å². The first-order valence-corrected chi connectivity index (χ1v) is 6.80. The van der Waals surface area contributed by atoms with Gasteiger partial charge in [-0.15, -0.1) is 10.2 Å². The summed E-state index contributed by atoms with van der Waals surface area (Å²) >= 11 is 1.44. The molecule has 0 amide bonds. The van der Waals surface area contributed by atoms with E-state index in [1.165, 1.54) is 11.8 Å². The molecule has 1 aromatic carbocycles. The van der Waals surface area contributed by atoms with Crippen LogP contribution in [0.1, 0.15) is 11.4 Å². The van der Waals surface area contributed by atoms with Crippen molar-refractivity contribution < 1.29 is 0 Å². The summed E-state index contributed by atoms with van der Waals surface area (Å²) in [7, 11) is 1.89. The Morgan fingerprint density at radius 2 is 2.05 bits per heavy atom. The van der Waals surface area contributed by atoms with E-state index < -0.39 is 5.54 Å². The first-order chi connectivity index (χ1) is 9.07. The van der Waals surface area contributed by atoms with Crippen molar-refractivity contribution in [1.82, 2.24) is 14.8 Å². The van der Waals surface area contributed by atoms with Crippen molar-refractivity contribution >= 4 is 11.8 Å². The normalized spacial score (nSPS) is 13.8. The maximum absolute atomic E-state index is 9.36. The quantitative estimate of drug-likeness (QED) is 0.856. The molecule has 6 heteroatoms. The predicted octanol–water partition coefficient (Wildman–Crippen LogP) is 1.59. The minimum absolute atomic E-state index is 0.430. The van der Waals surface area contributed by atoms with Crippen LogP contribution < -0.4 is 5.73 Å². The predicted molar refractivity (Wildman–Crippen MR) is 74.4 cm³/mol. The number of rotatable bonds is 4. The lowest BCUT2D eigenvalue weighted by Crippen LogP contribution is -2.37. The second-order valence-corrected chi connectivity index (χ2v) is 5.27. The number of hydrogen-bond donors (Lipinski definition) is 1. The Morgan fingerprint density at radius 1 is 1.37 bits per heavy atom. The van der Waals surface area contributed by atoms with Crippen LogP contribution in [0.5, 0.6) is 0 Å². The smallest absolute Gasteiger partial charge is 0.191 e. The van der Waals surface area contributed by atoms with E-state index in [9.17, 15) is 5.26 Å². The van der Waals surface area contributed by atoms with E-state index in [-0.39, 0.29) is 0 Å². The molecule has 1 unspecified atom stereocenters. The van der Waals surface area contributed by atoms with E-state index in [2.05, 4.69) is 16.3 Å². The molecule has 0 spiro atoms. The third-order valence-electron chi connectivity index (χ3n) is 2.97. The summed E-state index contributed by atoms with van der Waals surface area (Å²) in [5.74, 6) is 1.27. The van der Waals surface area contributed by atoms with E-state index in [0.717, 1.165) is 16.5 Å². The van der Waals surface area contributed by atoms with Crippen LogP contribution >= 0.6 is 11.8 Å². The van der Waals surface area contributed by atoms with E-state index in [1.807, 2.05) is 48.9 Å². The lowest BCUT2D eigenvalue weighted by molar-refractivity contribution is 0.655. The van der Waals surface area contributed by atoms with Crippen molar-refractivity contribution in [3.8, 4) is 6.07 Å². The topological polar surface area (TPSA) is 80.5 Å². The van der Waals surface area contributed by atoms with Gasteiger partial charge in [0.1, 0.15) is 11.4 Å².